The molecule has 0 bridgehead atoms. The summed E-state index contributed by atoms with van der Waals surface area (Å²) in [6.07, 6.45) is 0. The van der Waals surface area contributed by atoms with Crippen LogP contribution in [-0.2, 0) is 0 Å². The molecule has 0 heterocycles. The van der Waals surface area contributed by atoms with Crippen LogP contribution in [0.4, 0.5) is 0 Å². The van der Waals surface area contributed by atoms with Gasteiger partial charge in [-0.15, -0.1) is 0 Å². The summed E-state index contributed by atoms with van der Waals surface area (Å²) in [6.45, 7) is 6.19. The number of rotatable bonds is 0. The lowest BCUT2D eigenvalue weighted by atomic mass is 9.94. The number of hydrogen-bond donors (Lipinski definition) is 0. The first-order chi connectivity index (χ1) is 10.3. The van der Waals surface area contributed by atoms with E-state index in [1.807, 2.05) is 13.8 Å². The average Bonchev–Trinajstić information content (AvgIpc) is 2.56. The summed E-state index contributed by atoms with van der Waals surface area (Å²) in [5, 5.41) is 8.06. The van der Waals surface area contributed by atoms with Crippen molar-refractivity contribution in [3.05, 3.63) is 72.3 Å². The van der Waals surface area contributed by atoms with E-state index in [4.69, 9.17) is 0 Å². The van der Waals surface area contributed by atoms with Crippen LogP contribution in [0.3, 0.4) is 0 Å². The summed E-state index contributed by atoms with van der Waals surface area (Å²) >= 11 is 0. The van der Waals surface area contributed by atoms with Crippen LogP contribution in [-0.4, -0.2) is 0 Å². The molecule has 4 aromatic carbocycles. The lowest BCUT2D eigenvalue weighted by Crippen LogP contribution is -1.84. The largest absolute Gasteiger partial charge is 0.0683 e. The molecule has 0 nitrogen and oxygen atoms in total. The maximum absolute atomic E-state index is 2.30. The highest BCUT2D eigenvalue weighted by molar-refractivity contribution is 6.20. The van der Waals surface area contributed by atoms with Gasteiger partial charge in [0.1, 0.15) is 0 Å². The first kappa shape index (κ1) is 13.6. The molecular weight excluding hydrogens is 252 g/mol. The highest BCUT2D eigenvalue weighted by atomic mass is 14.1. The van der Waals surface area contributed by atoms with Crippen molar-refractivity contribution >= 4 is 32.3 Å². The van der Waals surface area contributed by atoms with Gasteiger partial charge in [0, 0.05) is 0 Å². The van der Waals surface area contributed by atoms with Crippen molar-refractivity contribution in [2.24, 2.45) is 0 Å². The highest BCUT2D eigenvalue weighted by Crippen LogP contribution is 2.33. The average molecular weight is 272 g/mol. The fourth-order valence-electron chi connectivity index (χ4n) is 3.07. The van der Waals surface area contributed by atoms with Gasteiger partial charge in [-0.1, -0.05) is 80.6 Å². The zero-order chi connectivity index (χ0) is 14.8. The first-order valence-corrected chi connectivity index (χ1v) is 7.64. The number of fused-ring (bicyclic) bond motifs is 5. The Morgan fingerprint density at radius 3 is 1.90 bits per heavy atom. The fourth-order valence-corrected chi connectivity index (χ4v) is 3.07. The molecule has 0 saturated heterocycles. The summed E-state index contributed by atoms with van der Waals surface area (Å²) in [5.41, 5.74) is 1.35. The van der Waals surface area contributed by atoms with Gasteiger partial charge in [-0.2, -0.15) is 0 Å². The first-order valence-electron chi connectivity index (χ1n) is 7.64. The van der Waals surface area contributed by atoms with E-state index in [9.17, 15) is 0 Å². The predicted molar refractivity (Wildman–Crippen MR) is 95.0 cm³/mol. The molecule has 21 heavy (non-hydrogen) atoms. The molecule has 4 aromatic rings. The summed E-state index contributed by atoms with van der Waals surface area (Å²) in [6, 6.07) is 24.1. The lowest BCUT2D eigenvalue weighted by Gasteiger charge is -2.10. The van der Waals surface area contributed by atoms with Crippen LogP contribution in [0.2, 0.25) is 0 Å². The second kappa shape index (κ2) is 5.57. The Morgan fingerprint density at radius 2 is 1.14 bits per heavy atom. The Hall–Kier alpha value is -2.34. The minimum atomic E-state index is 1.31. The second-order valence-electron chi connectivity index (χ2n) is 5.12. The van der Waals surface area contributed by atoms with Gasteiger partial charge in [0.25, 0.3) is 0 Å². The Morgan fingerprint density at radius 1 is 0.571 bits per heavy atom. The van der Waals surface area contributed by atoms with Gasteiger partial charge < -0.3 is 0 Å². The van der Waals surface area contributed by atoms with Crippen LogP contribution < -0.4 is 0 Å². The molecular formula is C21H20. The Kier molecular flexibility index (Phi) is 3.62. The van der Waals surface area contributed by atoms with Gasteiger partial charge >= 0.3 is 0 Å². The normalized spacial score (nSPS) is 10.6. The standard InChI is InChI=1S/C19H14.C2H6/c1-13-12-15-11-10-14-6-2-3-8-17(14)19(15)18-9-5-4-7-16(13)18;1-2/h2-12H,1H3;1-2H3. The number of hydrogen-bond acceptors (Lipinski definition) is 0. The summed E-state index contributed by atoms with van der Waals surface area (Å²) in [5.74, 6) is 0. The SMILES string of the molecule is CC.Cc1cc2ccc3ccccc3c2c2ccccc12. The van der Waals surface area contributed by atoms with E-state index in [0.717, 1.165) is 0 Å². The molecule has 0 atom stereocenters. The fraction of sp³-hybridized carbons (Fsp3) is 0.143. The van der Waals surface area contributed by atoms with Crippen molar-refractivity contribution in [2.45, 2.75) is 20.8 Å². The van der Waals surface area contributed by atoms with Gasteiger partial charge in [-0.25, -0.2) is 0 Å². The topological polar surface area (TPSA) is 0 Å². The monoisotopic (exact) mass is 272 g/mol. The molecule has 0 spiro atoms. The van der Waals surface area contributed by atoms with Crippen molar-refractivity contribution in [1.82, 2.24) is 0 Å². The quantitative estimate of drug-likeness (QED) is 0.321. The lowest BCUT2D eigenvalue weighted by molar-refractivity contribution is 1.50. The summed E-state index contributed by atoms with van der Waals surface area (Å²) in [7, 11) is 0. The van der Waals surface area contributed by atoms with Crippen molar-refractivity contribution < 1.29 is 0 Å². The Balaban J connectivity index is 0.000000636. The van der Waals surface area contributed by atoms with E-state index in [2.05, 4.69) is 73.7 Å². The molecule has 4 rings (SSSR count). The molecule has 0 aliphatic heterocycles. The Bertz CT molecular complexity index is 917. The number of aryl methyl sites for hydroxylation is 1. The van der Waals surface area contributed by atoms with Crippen molar-refractivity contribution in [1.29, 1.82) is 0 Å². The van der Waals surface area contributed by atoms with E-state index < -0.39 is 0 Å². The van der Waals surface area contributed by atoms with E-state index in [0.29, 0.717) is 0 Å². The molecule has 0 fully saturated rings. The summed E-state index contributed by atoms with van der Waals surface area (Å²) in [4.78, 5) is 0. The van der Waals surface area contributed by atoms with Crippen LogP contribution >= 0.6 is 0 Å². The molecule has 0 aliphatic carbocycles. The summed E-state index contributed by atoms with van der Waals surface area (Å²) < 4.78 is 0. The molecule has 0 heteroatoms. The third-order valence-electron chi connectivity index (χ3n) is 3.95. The Labute approximate surface area is 126 Å². The zero-order valence-corrected chi connectivity index (χ0v) is 12.9. The molecule has 0 aliphatic rings. The van der Waals surface area contributed by atoms with E-state index >= 15 is 0 Å². The smallest absolute Gasteiger partial charge is 0.00266 e. The predicted octanol–water partition coefficient (Wildman–Crippen LogP) is 6.48. The molecule has 0 unspecified atom stereocenters. The molecule has 0 N–H and O–H groups in total. The van der Waals surface area contributed by atoms with E-state index in [1.165, 1.54) is 37.9 Å². The van der Waals surface area contributed by atoms with Crippen molar-refractivity contribution in [3.63, 3.8) is 0 Å². The minimum Gasteiger partial charge on any atom is -0.0683 e. The van der Waals surface area contributed by atoms with Gasteiger partial charge in [0.2, 0.25) is 0 Å². The van der Waals surface area contributed by atoms with E-state index in [1.54, 1.807) is 0 Å². The van der Waals surface area contributed by atoms with Gasteiger partial charge in [-0.05, 0) is 44.8 Å². The molecule has 0 amide bonds. The van der Waals surface area contributed by atoms with Crippen LogP contribution in [0.1, 0.15) is 19.4 Å². The minimum absolute atomic E-state index is 1.31. The third kappa shape index (κ3) is 2.17. The van der Waals surface area contributed by atoms with Crippen LogP contribution in [0.25, 0.3) is 32.3 Å². The van der Waals surface area contributed by atoms with Gasteiger partial charge in [0.15, 0.2) is 0 Å². The zero-order valence-electron chi connectivity index (χ0n) is 12.9. The maximum atomic E-state index is 2.30. The van der Waals surface area contributed by atoms with Gasteiger partial charge in [-0.3, -0.25) is 0 Å². The molecule has 104 valence electrons. The van der Waals surface area contributed by atoms with Crippen molar-refractivity contribution in [3.8, 4) is 0 Å². The van der Waals surface area contributed by atoms with Gasteiger partial charge in [0.05, 0.1) is 0 Å². The van der Waals surface area contributed by atoms with Crippen molar-refractivity contribution in [2.75, 3.05) is 0 Å². The number of benzene rings is 4. The highest BCUT2D eigenvalue weighted by Gasteiger charge is 2.06. The van der Waals surface area contributed by atoms with Crippen LogP contribution in [0.15, 0.2) is 66.7 Å². The van der Waals surface area contributed by atoms with Crippen LogP contribution in [0.5, 0.6) is 0 Å². The maximum Gasteiger partial charge on any atom is -0.00266 e. The van der Waals surface area contributed by atoms with E-state index in [-0.39, 0.29) is 0 Å². The van der Waals surface area contributed by atoms with Crippen LogP contribution in [0, 0.1) is 6.92 Å². The third-order valence-corrected chi connectivity index (χ3v) is 3.95. The molecule has 0 saturated carbocycles. The molecule has 0 aromatic heterocycles. The second-order valence-corrected chi connectivity index (χ2v) is 5.12. The molecule has 0 radical (unpaired) electrons.